The van der Waals surface area contributed by atoms with Gasteiger partial charge < -0.3 is 5.32 Å². The number of nitrogens with zero attached hydrogens (tertiary/aromatic N) is 2. The Morgan fingerprint density at radius 2 is 2.36 bits per heavy atom. The van der Waals surface area contributed by atoms with Crippen molar-refractivity contribution < 1.29 is 0 Å². The second-order valence-corrected chi connectivity index (χ2v) is 4.15. The summed E-state index contributed by atoms with van der Waals surface area (Å²) in [6.45, 7) is 1.09. The molecule has 0 saturated heterocycles. The van der Waals surface area contributed by atoms with Crippen molar-refractivity contribution in [2.45, 2.75) is 31.6 Å². The molecule has 1 aliphatic carbocycles. The van der Waals surface area contributed by atoms with Gasteiger partial charge in [0.2, 0.25) is 0 Å². The molecule has 0 atom stereocenters. The van der Waals surface area contributed by atoms with Gasteiger partial charge in [0.15, 0.2) is 0 Å². The Balaban J connectivity index is 2.02. The van der Waals surface area contributed by atoms with Crippen LogP contribution >= 0.6 is 0 Å². The number of rotatable bonds is 5. The van der Waals surface area contributed by atoms with Crippen LogP contribution in [0.4, 0.5) is 0 Å². The van der Waals surface area contributed by atoms with Gasteiger partial charge in [0.1, 0.15) is 0 Å². The summed E-state index contributed by atoms with van der Waals surface area (Å²) in [5.74, 6) is 0.827. The Labute approximate surface area is 85.5 Å². The molecule has 1 aromatic rings. The van der Waals surface area contributed by atoms with Crippen LogP contribution in [-0.4, -0.2) is 23.4 Å². The lowest BCUT2D eigenvalue weighted by molar-refractivity contribution is 0.656. The lowest BCUT2D eigenvalue weighted by Gasteiger charge is -2.05. The van der Waals surface area contributed by atoms with E-state index < -0.39 is 0 Å². The Bertz CT molecular complexity index is 299. The summed E-state index contributed by atoms with van der Waals surface area (Å²) in [6.07, 6.45) is 7.15. The van der Waals surface area contributed by atoms with Gasteiger partial charge in [-0.25, -0.2) is 0 Å². The van der Waals surface area contributed by atoms with E-state index in [1.54, 1.807) is 0 Å². The zero-order chi connectivity index (χ0) is 9.97. The number of aromatic nitrogens is 2. The molecule has 1 N–H and O–H groups in total. The standard InChI is InChI=1S/C11H19N3/c1-12-7-3-4-11-10(9-5-6-9)8-13-14(11)2/h8-9,12H,3-7H2,1-2H3. The molecule has 1 aromatic heterocycles. The minimum absolute atomic E-state index is 0.827. The van der Waals surface area contributed by atoms with Crippen molar-refractivity contribution in [2.75, 3.05) is 13.6 Å². The van der Waals surface area contributed by atoms with E-state index in [0.717, 1.165) is 18.9 Å². The third-order valence-electron chi connectivity index (χ3n) is 2.95. The molecule has 0 aliphatic heterocycles. The van der Waals surface area contributed by atoms with Crippen LogP contribution in [0.3, 0.4) is 0 Å². The molecule has 0 unspecified atom stereocenters. The summed E-state index contributed by atoms with van der Waals surface area (Å²) in [6, 6.07) is 0. The van der Waals surface area contributed by atoms with E-state index in [2.05, 4.69) is 23.7 Å². The van der Waals surface area contributed by atoms with Crippen molar-refractivity contribution in [1.82, 2.24) is 15.1 Å². The highest BCUT2D eigenvalue weighted by molar-refractivity contribution is 5.26. The van der Waals surface area contributed by atoms with Crippen LogP contribution in [0.1, 0.15) is 36.4 Å². The van der Waals surface area contributed by atoms with Gasteiger partial charge in [0, 0.05) is 12.7 Å². The first kappa shape index (κ1) is 9.71. The highest BCUT2D eigenvalue weighted by Crippen LogP contribution is 2.41. The smallest absolute Gasteiger partial charge is 0.0527 e. The lowest BCUT2D eigenvalue weighted by Crippen LogP contribution is -2.10. The molecule has 1 aliphatic rings. The summed E-state index contributed by atoms with van der Waals surface area (Å²) in [7, 11) is 4.06. The molecule has 14 heavy (non-hydrogen) atoms. The third-order valence-corrected chi connectivity index (χ3v) is 2.95. The molecular formula is C11H19N3. The molecule has 1 saturated carbocycles. The van der Waals surface area contributed by atoms with Gasteiger partial charge in [-0.05, 0) is 50.8 Å². The lowest BCUT2D eigenvalue weighted by atomic mass is 10.1. The van der Waals surface area contributed by atoms with Crippen LogP contribution in [-0.2, 0) is 13.5 Å². The van der Waals surface area contributed by atoms with Crippen LogP contribution in [0.25, 0.3) is 0 Å². The van der Waals surface area contributed by atoms with Crippen molar-refractivity contribution in [3.05, 3.63) is 17.5 Å². The number of nitrogens with one attached hydrogen (secondary N) is 1. The number of hydrogen-bond donors (Lipinski definition) is 1. The minimum Gasteiger partial charge on any atom is -0.320 e. The van der Waals surface area contributed by atoms with Crippen molar-refractivity contribution in [1.29, 1.82) is 0 Å². The van der Waals surface area contributed by atoms with Gasteiger partial charge in [-0.3, -0.25) is 4.68 Å². The number of hydrogen-bond acceptors (Lipinski definition) is 2. The molecule has 0 radical (unpaired) electrons. The zero-order valence-electron chi connectivity index (χ0n) is 9.08. The van der Waals surface area contributed by atoms with Crippen molar-refractivity contribution >= 4 is 0 Å². The van der Waals surface area contributed by atoms with Crippen LogP contribution in [0.15, 0.2) is 6.20 Å². The largest absolute Gasteiger partial charge is 0.320 e. The Hall–Kier alpha value is -0.830. The SMILES string of the molecule is CNCCCc1c(C2CC2)cnn1C. The van der Waals surface area contributed by atoms with E-state index >= 15 is 0 Å². The quantitative estimate of drug-likeness (QED) is 0.717. The first-order chi connectivity index (χ1) is 6.83. The maximum absolute atomic E-state index is 4.35. The van der Waals surface area contributed by atoms with Crippen molar-refractivity contribution in [3.8, 4) is 0 Å². The first-order valence-corrected chi connectivity index (χ1v) is 5.48. The van der Waals surface area contributed by atoms with E-state index in [0.29, 0.717) is 0 Å². The fourth-order valence-corrected chi connectivity index (χ4v) is 1.95. The van der Waals surface area contributed by atoms with Crippen LogP contribution < -0.4 is 5.32 Å². The predicted octanol–water partition coefficient (Wildman–Crippen LogP) is 1.45. The van der Waals surface area contributed by atoms with Crippen LogP contribution in [0.2, 0.25) is 0 Å². The van der Waals surface area contributed by atoms with E-state index in [4.69, 9.17) is 0 Å². The Kier molecular flexibility index (Phi) is 2.87. The van der Waals surface area contributed by atoms with E-state index in [9.17, 15) is 0 Å². The summed E-state index contributed by atoms with van der Waals surface area (Å²) < 4.78 is 2.04. The first-order valence-electron chi connectivity index (χ1n) is 5.48. The van der Waals surface area contributed by atoms with Crippen molar-refractivity contribution in [2.24, 2.45) is 7.05 Å². The summed E-state index contributed by atoms with van der Waals surface area (Å²) in [4.78, 5) is 0. The monoisotopic (exact) mass is 193 g/mol. The molecule has 2 rings (SSSR count). The van der Waals surface area contributed by atoms with Crippen molar-refractivity contribution in [3.63, 3.8) is 0 Å². The van der Waals surface area contributed by atoms with Gasteiger partial charge in [-0.1, -0.05) is 0 Å². The van der Waals surface area contributed by atoms with E-state index in [1.165, 1.54) is 30.5 Å². The molecule has 3 heteroatoms. The maximum atomic E-state index is 4.35. The fourth-order valence-electron chi connectivity index (χ4n) is 1.95. The molecular weight excluding hydrogens is 174 g/mol. The molecule has 0 amide bonds. The molecule has 0 bridgehead atoms. The second-order valence-electron chi connectivity index (χ2n) is 4.15. The van der Waals surface area contributed by atoms with Crippen LogP contribution in [0.5, 0.6) is 0 Å². The van der Waals surface area contributed by atoms with E-state index in [-0.39, 0.29) is 0 Å². The molecule has 0 spiro atoms. The zero-order valence-corrected chi connectivity index (χ0v) is 9.08. The summed E-state index contributed by atoms with van der Waals surface area (Å²) >= 11 is 0. The molecule has 0 aromatic carbocycles. The van der Waals surface area contributed by atoms with Gasteiger partial charge >= 0.3 is 0 Å². The molecule has 3 nitrogen and oxygen atoms in total. The molecule has 78 valence electrons. The van der Waals surface area contributed by atoms with Gasteiger partial charge in [-0.15, -0.1) is 0 Å². The van der Waals surface area contributed by atoms with Crippen LogP contribution in [0, 0.1) is 0 Å². The highest BCUT2D eigenvalue weighted by Gasteiger charge is 2.27. The van der Waals surface area contributed by atoms with Gasteiger partial charge in [0.25, 0.3) is 0 Å². The molecule has 1 heterocycles. The third kappa shape index (κ3) is 1.98. The van der Waals surface area contributed by atoms with Gasteiger partial charge in [-0.2, -0.15) is 5.10 Å². The Morgan fingerprint density at radius 3 is 3.00 bits per heavy atom. The predicted molar refractivity (Wildman–Crippen MR) is 57.4 cm³/mol. The minimum atomic E-state index is 0.827. The normalized spacial score (nSPS) is 16.1. The topological polar surface area (TPSA) is 29.9 Å². The van der Waals surface area contributed by atoms with E-state index in [1.807, 2.05) is 11.7 Å². The maximum Gasteiger partial charge on any atom is 0.0527 e. The second kappa shape index (κ2) is 4.13. The number of aryl methyl sites for hydroxylation is 1. The average molecular weight is 193 g/mol. The summed E-state index contributed by atoms with van der Waals surface area (Å²) in [5.41, 5.74) is 2.95. The Morgan fingerprint density at radius 1 is 1.57 bits per heavy atom. The average Bonchev–Trinajstić information content (AvgIpc) is 2.95. The fraction of sp³-hybridized carbons (Fsp3) is 0.727. The summed E-state index contributed by atoms with van der Waals surface area (Å²) in [5, 5.41) is 7.54. The van der Waals surface area contributed by atoms with Gasteiger partial charge in [0.05, 0.1) is 6.20 Å². The molecule has 1 fully saturated rings. The highest BCUT2D eigenvalue weighted by atomic mass is 15.3.